The van der Waals surface area contributed by atoms with Gasteiger partial charge in [-0.25, -0.2) is 13.2 Å². The predicted octanol–water partition coefficient (Wildman–Crippen LogP) is 3.29. The molecular formula is C22H26N2O7S2. The second-order valence-electron chi connectivity index (χ2n) is 7.52. The van der Waals surface area contributed by atoms with Crippen molar-refractivity contribution in [2.45, 2.75) is 24.7 Å². The summed E-state index contributed by atoms with van der Waals surface area (Å²) in [5.41, 5.74) is 1.36. The van der Waals surface area contributed by atoms with Gasteiger partial charge in [0.2, 0.25) is 0 Å². The standard InChI is InChI=1S/C22H26N2O7S2/c1-15-13-17(5-7-20(15)31-10-2-3-21(25)26)33(29,30)23-16-4-6-19(18(14-16)22(27)28)24-8-11-32-12-9-24/h4-7,13-14,23H,2-3,8-12H2,1H3,(H,25,26)(H,27,28). The SMILES string of the molecule is Cc1cc(S(=O)(=O)Nc2ccc(N3CCSCC3)c(C(=O)O)c2)ccc1OCCCC(=O)O. The van der Waals surface area contributed by atoms with Crippen molar-refractivity contribution in [3.05, 3.63) is 47.5 Å². The number of aromatic carboxylic acids is 1. The summed E-state index contributed by atoms with van der Waals surface area (Å²) in [5.74, 6) is 0.260. The van der Waals surface area contributed by atoms with Crippen LogP contribution < -0.4 is 14.4 Å². The average molecular weight is 495 g/mol. The third-order valence-electron chi connectivity index (χ3n) is 5.08. The maximum Gasteiger partial charge on any atom is 0.337 e. The molecule has 33 heavy (non-hydrogen) atoms. The zero-order chi connectivity index (χ0) is 24.0. The van der Waals surface area contributed by atoms with E-state index < -0.39 is 22.0 Å². The minimum Gasteiger partial charge on any atom is -0.493 e. The fraction of sp³-hybridized carbons (Fsp3) is 0.364. The molecule has 9 nitrogen and oxygen atoms in total. The van der Waals surface area contributed by atoms with Crippen LogP contribution in [-0.4, -0.2) is 61.8 Å². The lowest BCUT2D eigenvalue weighted by Gasteiger charge is -2.29. The van der Waals surface area contributed by atoms with E-state index in [-0.39, 0.29) is 29.2 Å². The Morgan fingerprint density at radius 1 is 1.12 bits per heavy atom. The van der Waals surface area contributed by atoms with Crippen LogP contribution in [0.3, 0.4) is 0 Å². The molecule has 0 radical (unpaired) electrons. The molecule has 1 heterocycles. The van der Waals surface area contributed by atoms with E-state index in [0.29, 0.717) is 23.4 Å². The highest BCUT2D eigenvalue weighted by Gasteiger charge is 2.21. The van der Waals surface area contributed by atoms with Crippen LogP contribution in [0, 0.1) is 6.92 Å². The molecule has 0 amide bonds. The topological polar surface area (TPSA) is 133 Å². The second-order valence-corrected chi connectivity index (χ2v) is 10.4. The monoisotopic (exact) mass is 494 g/mol. The van der Waals surface area contributed by atoms with E-state index in [2.05, 4.69) is 4.72 Å². The number of rotatable bonds is 10. The number of carbonyl (C=O) groups is 2. The largest absolute Gasteiger partial charge is 0.493 e. The van der Waals surface area contributed by atoms with E-state index in [4.69, 9.17) is 9.84 Å². The van der Waals surface area contributed by atoms with Crippen molar-refractivity contribution in [3.63, 3.8) is 0 Å². The number of anilines is 2. The zero-order valence-corrected chi connectivity index (χ0v) is 19.7. The number of carboxylic acid groups (broad SMARTS) is 2. The zero-order valence-electron chi connectivity index (χ0n) is 18.1. The van der Waals surface area contributed by atoms with Crippen LogP contribution in [-0.2, 0) is 14.8 Å². The molecule has 0 aliphatic carbocycles. The molecule has 1 saturated heterocycles. The number of hydrogen-bond acceptors (Lipinski definition) is 7. The van der Waals surface area contributed by atoms with Crippen LogP contribution in [0.2, 0.25) is 0 Å². The van der Waals surface area contributed by atoms with Gasteiger partial charge >= 0.3 is 11.9 Å². The Morgan fingerprint density at radius 3 is 2.48 bits per heavy atom. The van der Waals surface area contributed by atoms with E-state index in [9.17, 15) is 23.1 Å². The summed E-state index contributed by atoms with van der Waals surface area (Å²) in [4.78, 5) is 24.4. The molecule has 0 aromatic heterocycles. The lowest BCUT2D eigenvalue weighted by Crippen LogP contribution is -2.33. The van der Waals surface area contributed by atoms with Gasteiger partial charge in [0.15, 0.2) is 0 Å². The van der Waals surface area contributed by atoms with Crippen LogP contribution in [0.25, 0.3) is 0 Å². The van der Waals surface area contributed by atoms with E-state index in [1.54, 1.807) is 19.1 Å². The number of ether oxygens (including phenoxy) is 1. The van der Waals surface area contributed by atoms with E-state index in [0.717, 1.165) is 24.6 Å². The molecular weight excluding hydrogens is 468 g/mol. The number of aliphatic carboxylic acids is 1. The maximum atomic E-state index is 12.9. The summed E-state index contributed by atoms with van der Waals surface area (Å²) in [6.45, 7) is 3.37. The second kappa shape index (κ2) is 10.8. The first-order valence-corrected chi connectivity index (χ1v) is 13.0. The molecule has 0 atom stereocenters. The first kappa shape index (κ1) is 24.7. The molecule has 2 aromatic rings. The van der Waals surface area contributed by atoms with Crippen molar-refractivity contribution in [1.82, 2.24) is 0 Å². The molecule has 3 N–H and O–H groups in total. The third kappa shape index (κ3) is 6.55. The molecule has 2 aromatic carbocycles. The van der Waals surface area contributed by atoms with Gasteiger partial charge in [0, 0.05) is 36.7 Å². The lowest BCUT2D eigenvalue weighted by molar-refractivity contribution is -0.137. The number of benzene rings is 2. The smallest absolute Gasteiger partial charge is 0.337 e. The van der Waals surface area contributed by atoms with Crippen molar-refractivity contribution in [1.29, 1.82) is 0 Å². The Kier molecular flexibility index (Phi) is 8.09. The van der Waals surface area contributed by atoms with E-state index >= 15 is 0 Å². The Morgan fingerprint density at radius 2 is 1.85 bits per heavy atom. The molecule has 0 saturated carbocycles. The summed E-state index contributed by atoms with van der Waals surface area (Å²) in [7, 11) is -3.96. The fourth-order valence-corrected chi connectivity index (χ4v) is 5.46. The quantitative estimate of drug-likeness (QED) is 0.425. The van der Waals surface area contributed by atoms with Gasteiger partial charge in [0.1, 0.15) is 5.75 Å². The average Bonchev–Trinajstić information content (AvgIpc) is 2.77. The van der Waals surface area contributed by atoms with Crippen LogP contribution >= 0.6 is 11.8 Å². The highest BCUT2D eigenvalue weighted by Crippen LogP contribution is 2.29. The van der Waals surface area contributed by atoms with Gasteiger partial charge in [-0.05, 0) is 55.3 Å². The third-order valence-corrected chi connectivity index (χ3v) is 7.40. The van der Waals surface area contributed by atoms with Crippen LogP contribution in [0.5, 0.6) is 5.75 Å². The van der Waals surface area contributed by atoms with Gasteiger partial charge in [-0.15, -0.1) is 0 Å². The molecule has 0 spiro atoms. The summed E-state index contributed by atoms with van der Waals surface area (Å²) < 4.78 is 33.8. The number of sulfonamides is 1. The molecule has 178 valence electrons. The van der Waals surface area contributed by atoms with Crippen LogP contribution in [0.15, 0.2) is 41.3 Å². The number of carboxylic acids is 2. The van der Waals surface area contributed by atoms with Crippen molar-refractivity contribution in [2.24, 2.45) is 0 Å². The van der Waals surface area contributed by atoms with E-state index in [1.165, 1.54) is 24.3 Å². The van der Waals surface area contributed by atoms with Gasteiger partial charge < -0.3 is 19.8 Å². The fourth-order valence-electron chi connectivity index (χ4n) is 3.42. The Hall–Kier alpha value is -2.92. The first-order valence-electron chi connectivity index (χ1n) is 10.4. The summed E-state index contributed by atoms with van der Waals surface area (Å²) >= 11 is 1.81. The van der Waals surface area contributed by atoms with Crippen molar-refractivity contribution in [2.75, 3.05) is 40.8 Å². The summed E-state index contributed by atoms with van der Waals surface area (Å²) in [5, 5.41) is 18.3. The molecule has 0 bridgehead atoms. The highest BCUT2D eigenvalue weighted by atomic mass is 32.2. The van der Waals surface area contributed by atoms with Gasteiger partial charge in [-0.3, -0.25) is 9.52 Å². The molecule has 0 unspecified atom stereocenters. The normalized spacial score (nSPS) is 14.0. The molecule has 1 aliphatic heterocycles. The van der Waals surface area contributed by atoms with Gasteiger partial charge in [-0.2, -0.15) is 11.8 Å². The first-order chi connectivity index (χ1) is 15.7. The molecule has 11 heteroatoms. The van der Waals surface area contributed by atoms with Crippen molar-refractivity contribution < 1.29 is 33.0 Å². The van der Waals surface area contributed by atoms with Crippen molar-refractivity contribution >= 4 is 45.1 Å². The number of thioether (sulfide) groups is 1. The number of hydrogen-bond donors (Lipinski definition) is 3. The minimum absolute atomic E-state index is 0.00638. The van der Waals surface area contributed by atoms with Crippen LogP contribution in [0.1, 0.15) is 28.8 Å². The predicted molar refractivity (Wildman–Crippen MR) is 127 cm³/mol. The van der Waals surface area contributed by atoms with Crippen LogP contribution in [0.4, 0.5) is 11.4 Å². The van der Waals surface area contributed by atoms with Gasteiger partial charge in [0.05, 0.1) is 22.8 Å². The summed E-state index contributed by atoms with van der Waals surface area (Å²) in [6.07, 6.45) is 0.331. The molecule has 3 rings (SSSR count). The number of aryl methyl sites for hydroxylation is 1. The number of nitrogens with zero attached hydrogens (tertiary/aromatic N) is 1. The maximum absolute atomic E-state index is 12.9. The van der Waals surface area contributed by atoms with Crippen molar-refractivity contribution in [3.8, 4) is 5.75 Å². The van der Waals surface area contributed by atoms with Gasteiger partial charge in [-0.1, -0.05) is 0 Å². The molecule has 1 aliphatic rings. The minimum atomic E-state index is -3.96. The Balaban J connectivity index is 1.75. The lowest BCUT2D eigenvalue weighted by atomic mass is 10.1. The Labute approximate surface area is 196 Å². The molecule has 1 fully saturated rings. The summed E-state index contributed by atoms with van der Waals surface area (Å²) in [6, 6.07) is 8.89. The number of nitrogens with one attached hydrogen (secondary N) is 1. The van der Waals surface area contributed by atoms with Gasteiger partial charge in [0.25, 0.3) is 10.0 Å². The highest BCUT2D eigenvalue weighted by molar-refractivity contribution is 7.99. The Bertz CT molecular complexity index is 1130. The van der Waals surface area contributed by atoms with E-state index in [1.807, 2.05) is 16.7 Å².